The Kier molecular flexibility index (Phi) is 8.56. The van der Waals surface area contributed by atoms with Crippen LogP contribution in [0.1, 0.15) is 38.5 Å². The number of fused-ring (bicyclic) bond motifs is 5. The summed E-state index contributed by atoms with van der Waals surface area (Å²) in [6.45, 7) is 5.51. The number of nitrogens with one attached hydrogen (secondary N) is 2. The fourth-order valence-corrected chi connectivity index (χ4v) is 5.54. The maximum Gasteiger partial charge on any atom is 0.233 e. The van der Waals surface area contributed by atoms with Gasteiger partial charge in [0.2, 0.25) is 11.8 Å². The fraction of sp³-hybridized carbons (Fsp3) is 0.773. The molecule has 0 radical (unpaired) electrons. The van der Waals surface area contributed by atoms with Crippen LogP contribution in [0.4, 0.5) is 0 Å². The standard InChI is InChI=1S/C22H35N5O2.HI/c1-23-22(25-10-14-26-11-4-2-3-5-12-26)24-9-6-13-27-20(28)18-16-7-8-17(15-16)19(18)21(27)29;/h7-8,16-19H,2-6,9-15H2,1H3,(H2,23,24,25);1H. The van der Waals surface area contributed by atoms with Crippen molar-refractivity contribution < 1.29 is 9.59 Å². The van der Waals surface area contributed by atoms with E-state index in [0.717, 1.165) is 31.9 Å². The molecule has 0 spiro atoms. The highest BCUT2D eigenvalue weighted by molar-refractivity contribution is 14.0. The van der Waals surface area contributed by atoms with E-state index >= 15 is 0 Å². The lowest BCUT2D eigenvalue weighted by Gasteiger charge is -2.21. The van der Waals surface area contributed by atoms with Crippen molar-refractivity contribution in [1.29, 1.82) is 0 Å². The van der Waals surface area contributed by atoms with Gasteiger partial charge in [0.25, 0.3) is 0 Å². The Morgan fingerprint density at radius 3 is 2.17 bits per heavy atom. The highest BCUT2D eigenvalue weighted by Gasteiger charge is 2.58. The Hall–Kier alpha value is -1.16. The van der Waals surface area contributed by atoms with Crippen molar-refractivity contribution in [3.63, 3.8) is 0 Å². The summed E-state index contributed by atoms with van der Waals surface area (Å²) in [4.78, 5) is 33.7. The third-order valence-corrected chi connectivity index (χ3v) is 7.06. The monoisotopic (exact) mass is 529 g/mol. The van der Waals surface area contributed by atoms with Crippen molar-refractivity contribution in [2.24, 2.45) is 28.7 Å². The van der Waals surface area contributed by atoms with E-state index in [1.807, 2.05) is 0 Å². The molecule has 2 bridgehead atoms. The third-order valence-electron chi connectivity index (χ3n) is 7.06. The number of allylic oxidation sites excluding steroid dienone is 2. The van der Waals surface area contributed by atoms with E-state index in [1.54, 1.807) is 7.05 Å². The predicted octanol–water partition coefficient (Wildman–Crippen LogP) is 1.84. The Morgan fingerprint density at radius 2 is 1.57 bits per heavy atom. The van der Waals surface area contributed by atoms with Crippen LogP contribution in [-0.2, 0) is 9.59 Å². The van der Waals surface area contributed by atoms with E-state index in [0.29, 0.717) is 13.1 Å². The smallest absolute Gasteiger partial charge is 0.233 e. The molecule has 4 atom stereocenters. The van der Waals surface area contributed by atoms with Gasteiger partial charge in [-0.25, -0.2) is 0 Å². The molecule has 0 aromatic rings. The summed E-state index contributed by atoms with van der Waals surface area (Å²) in [5, 5.41) is 6.69. The van der Waals surface area contributed by atoms with E-state index in [2.05, 4.69) is 32.7 Å². The number of aliphatic imine (C=N–C) groups is 1. The molecule has 2 heterocycles. The number of likely N-dealkylation sites (tertiary alicyclic amines) is 2. The molecule has 2 saturated heterocycles. The van der Waals surface area contributed by atoms with Gasteiger partial charge in [0.1, 0.15) is 0 Å². The van der Waals surface area contributed by atoms with Crippen molar-refractivity contribution in [3.8, 4) is 0 Å². The van der Waals surface area contributed by atoms with Crippen molar-refractivity contribution in [2.45, 2.75) is 38.5 Å². The number of imide groups is 1. The van der Waals surface area contributed by atoms with Crippen molar-refractivity contribution in [1.82, 2.24) is 20.4 Å². The van der Waals surface area contributed by atoms with Crippen molar-refractivity contribution in [3.05, 3.63) is 12.2 Å². The van der Waals surface area contributed by atoms with Crippen molar-refractivity contribution >= 4 is 41.8 Å². The largest absolute Gasteiger partial charge is 0.356 e. The Labute approximate surface area is 197 Å². The Balaban J connectivity index is 0.00000256. The van der Waals surface area contributed by atoms with Gasteiger partial charge < -0.3 is 15.5 Å². The van der Waals surface area contributed by atoms with Crippen LogP contribution in [0.3, 0.4) is 0 Å². The average molecular weight is 529 g/mol. The number of amides is 2. The van der Waals surface area contributed by atoms with Gasteiger partial charge in [-0.2, -0.15) is 0 Å². The maximum atomic E-state index is 12.7. The zero-order chi connectivity index (χ0) is 20.2. The second-order valence-corrected chi connectivity index (χ2v) is 8.86. The quantitative estimate of drug-likeness (QED) is 0.132. The van der Waals surface area contributed by atoms with Crippen LogP contribution in [0.15, 0.2) is 17.1 Å². The maximum absolute atomic E-state index is 12.7. The van der Waals surface area contributed by atoms with Crippen LogP contribution in [0.5, 0.6) is 0 Å². The first-order valence-corrected chi connectivity index (χ1v) is 11.4. The minimum Gasteiger partial charge on any atom is -0.356 e. The molecule has 2 amide bonds. The first-order valence-electron chi connectivity index (χ1n) is 11.4. The van der Waals surface area contributed by atoms with Gasteiger partial charge in [-0.3, -0.25) is 19.5 Å². The van der Waals surface area contributed by atoms with E-state index in [-0.39, 0.29) is 59.5 Å². The summed E-state index contributed by atoms with van der Waals surface area (Å²) in [5.41, 5.74) is 0. The number of carbonyl (C=O) groups is 2. The number of rotatable bonds is 7. The minimum absolute atomic E-state index is 0. The van der Waals surface area contributed by atoms with Crippen LogP contribution in [0, 0.1) is 23.7 Å². The number of halogens is 1. The van der Waals surface area contributed by atoms with Crippen LogP contribution >= 0.6 is 24.0 Å². The van der Waals surface area contributed by atoms with Crippen LogP contribution < -0.4 is 10.6 Å². The fourth-order valence-electron chi connectivity index (χ4n) is 5.54. The molecule has 7 nitrogen and oxygen atoms in total. The lowest BCUT2D eigenvalue weighted by atomic mass is 9.85. The lowest BCUT2D eigenvalue weighted by molar-refractivity contribution is -0.140. The first-order chi connectivity index (χ1) is 14.2. The molecular formula is C22H36IN5O2. The number of hydrogen-bond donors (Lipinski definition) is 2. The van der Waals surface area contributed by atoms with Crippen LogP contribution in [-0.4, -0.2) is 73.9 Å². The molecule has 4 unspecified atom stereocenters. The molecule has 4 aliphatic rings. The minimum atomic E-state index is -0.0844. The molecule has 3 fully saturated rings. The summed E-state index contributed by atoms with van der Waals surface area (Å²) >= 11 is 0. The Morgan fingerprint density at radius 1 is 0.967 bits per heavy atom. The molecule has 30 heavy (non-hydrogen) atoms. The summed E-state index contributed by atoms with van der Waals surface area (Å²) in [5.74, 6) is 1.30. The second-order valence-electron chi connectivity index (χ2n) is 8.86. The van der Waals surface area contributed by atoms with E-state index in [9.17, 15) is 9.59 Å². The lowest BCUT2D eigenvalue weighted by Crippen LogP contribution is -2.43. The average Bonchev–Trinajstić information content (AvgIpc) is 3.33. The van der Waals surface area contributed by atoms with Gasteiger partial charge in [-0.05, 0) is 50.6 Å². The van der Waals surface area contributed by atoms with Gasteiger partial charge in [-0.15, -0.1) is 24.0 Å². The van der Waals surface area contributed by atoms with Crippen LogP contribution in [0.25, 0.3) is 0 Å². The van der Waals surface area contributed by atoms with E-state index in [4.69, 9.17) is 0 Å². The summed E-state index contributed by atoms with van der Waals surface area (Å²) in [7, 11) is 1.78. The molecule has 0 aromatic carbocycles. The second kappa shape index (κ2) is 10.9. The predicted molar refractivity (Wildman–Crippen MR) is 129 cm³/mol. The summed E-state index contributed by atoms with van der Waals surface area (Å²) in [6.07, 6.45) is 11.3. The van der Waals surface area contributed by atoms with Crippen molar-refractivity contribution in [2.75, 3.05) is 46.3 Å². The number of guanidine groups is 1. The molecule has 0 aromatic heterocycles. The molecule has 2 aliphatic heterocycles. The molecule has 2 aliphatic carbocycles. The van der Waals surface area contributed by atoms with E-state index in [1.165, 1.54) is 43.7 Å². The highest BCUT2D eigenvalue weighted by atomic mass is 127. The highest BCUT2D eigenvalue weighted by Crippen LogP contribution is 2.52. The van der Waals surface area contributed by atoms with Gasteiger partial charge >= 0.3 is 0 Å². The molecular weight excluding hydrogens is 493 g/mol. The molecule has 168 valence electrons. The number of nitrogens with zero attached hydrogens (tertiary/aromatic N) is 3. The molecule has 8 heteroatoms. The van der Waals surface area contributed by atoms with Gasteiger partial charge in [0.05, 0.1) is 11.8 Å². The third kappa shape index (κ3) is 5.00. The Bertz CT molecular complexity index is 644. The molecule has 4 rings (SSSR count). The zero-order valence-electron chi connectivity index (χ0n) is 18.0. The first kappa shape index (κ1) is 23.5. The SMILES string of the molecule is CN=C(NCCCN1C(=O)C2C3C=CC(C3)C2C1=O)NCCN1CCCCCC1.I. The van der Waals surface area contributed by atoms with E-state index < -0.39 is 0 Å². The summed E-state index contributed by atoms with van der Waals surface area (Å²) in [6, 6.07) is 0. The van der Waals surface area contributed by atoms with Crippen LogP contribution in [0.2, 0.25) is 0 Å². The molecule has 2 N–H and O–H groups in total. The zero-order valence-corrected chi connectivity index (χ0v) is 20.3. The number of hydrogen-bond acceptors (Lipinski definition) is 4. The molecule has 1 saturated carbocycles. The van der Waals surface area contributed by atoms with Gasteiger partial charge in [-0.1, -0.05) is 25.0 Å². The summed E-state index contributed by atoms with van der Waals surface area (Å²) < 4.78 is 0. The van der Waals surface area contributed by atoms with Gasteiger partial charge in [0, 0.05) is 33.2 Å². The van der Waals surface area contributed by atoms with Gasteiger partial charge in [0.15, 0.2) is 5.96 Å². The topological polar surface area (TPSA) is 77.0 Å². The number of carbonyl (C=O) groups excluding carboxylic acids is 2. The normalized spacial score (nSPS) is 31.0.